The van der Waals surface area contributed by atoms with E-state index >= 15 is 0 Å². The Labute approximate surface area is 75.2 Å². The summed E-state index contributed by atoms with van der Waals surface area (Å²) in [7, 11) is 2.17. The Morgan fingerprint density at radius 1 is 1.50 bits per heavy atom. The van der Waals surface area contributed by atoms with Gasteiger partial charge in [0.15, 0.2) is 0 Å². The molecular weight excluding hydrogens is 148 g/mol. The molecule has 1 rings (SSSR count). The van der Waals surface area contributed by atoms with Crippen LogP contribution in [0, 0.1) is 23.2 Å². The van der Waals surface area contributed by atoms with Gasteiger partial charge in [0, 0.05) is 5.92 Å². The Balaban J connectivity index is 2.22. The van der Waals surface area contributed by atoms with Gasteiger partial charge in [0.05, 0.1) is 6.07 Å². The lowest BCUT2D eigenvalue weighted by atomic mass is 9.89. The van der Waals surface area contributed by atoms with Gasteiger partial charge in [-0.15, -0.1) is 0 Å². The van der Waals surface area contributed by atoms with Crippen molar-refractivity contribution in [3.8, 4) is 6.07 Å². The van der Waals surface area contributed by atoms with Gasteiger partial charge < -0.3 is 4.90 Å². The van der Waals surface area contributed by atoms with E-state index in [2.05, 4.69) is 18.0 Å². The van der Waals surface area contributed by atoms with E-state index in [1.165, 1.54) is 25.9 Å². The summed E-state index contributed by atoms with van der Waals surface area (Å²) in [6.07, 6.45) is 3.66. The van der Waals surface area contributed by atoms with Crippen LogP contribution in [-0.4, -0.2) is 25.0 Å². The molecule has 1 aliphatic heterocycles. The highest BCUT2D eigenvalue weighted by Crippen LogP contribution is 2.22. The second-order valence-electron chi connectivity index (χ2n) is 4.01. The molecule has 12 heavy (non-hydrogen) atoms. The minimum atomic E-state index is 0.249. The van der Waals surface area contributed by atoms with Crippen molar-refractivity contribution in [2.75, 3.05) is 20.1 Å². The van der Waals surface area contributed by atoms with Crippen LogP contribution in [0.25, 0.3) is 0 Å². The van der Waals surface area contributed by atoms with E-state index in [0.717, 1.165) is 12.3 Å². The van der Waals surface area contributed by atoms with Crippen molar-refractivity contribution in [2.45, 2.75) is 26.2 Å². The maximum Gasteiger partial charge on any atom is 0.0652 e. The molecule has 1 atom stereocenters. The maximum atomic E-state index is 8.66. The highest BCUT2D eigenvalue weighted by atomic mass is 15.1. The Morgan fingerprint density at radius 2 is 2.08 bits per heavy atom. The molecular formula is C10H18N2. The highest BCUT2D eigenvalue weighted by molar-refractivity contribution is 4.82. The predicted molar refractivity (Wildman–Crippen MR) is 49.6 cm³/mol. The minimum absolute atomic E-state index is 0.249. The first kappa shape index (κ1) is 9.54. The first-order valence-electron chi connectivity index (χ1n) is 4.80. The monoisotopic (exact) mass is 166 g/mol. The van der Waals surface area contributed by atoms with Gasteiger partial charge in [-0.3, -0.25) is 0 Å². The SMILES string of the molecule is CC(C#N)CC1CCN(C)CC1. The van der Waals surface area contributed by atoms with Crippen LogP contribution in [0.5, 0.6) is 0 Å². The van der Waals surface area contributed by atoms with Crippen LogP contribution in [-0.2, 0) is 0 Å². The quantitative estimate of drug-likeness (QED) is 0.626. The van der Waals surface area contributed by atoms with Crippen LogP contribution in [0.4, 0.5) is 0 Å². The first-order valence-corrected chi connectivity index (χ1v) is 4.80. The molecule has 0 aromatic rings. The number of likely N-dealkylation sites (tertiary alicyclic amines) is 1. The lowest BCUT2D eigenvalue weighted by Crippen LogP contribution is -2.30. The molecule has 0 aromatic heterocycles. The third kappa shape index (κ3) is 2.83. The van der Waals surface area contributed by atoms with Crippen LogP contribution >= 0.6 is 0 Å². The zero-order valence-electron chi connectivity index (χ0n) is 8.08. The molecule has 68 valence electrons. The summed E-state index contributed by atoms with van der Waals surface area (Å²) in [4.78, 5) is 2.37. The van der Waals surface area contributed by atoms with Crippen molar-refractivity contribution in [1.82, 2.24) is 4.90 Å². The molecule has 1 unspecified atom stereocenters. The first-order chi connectivity index (χ1) is 5.72. The fourth-order valence-electron chi connectivity index (χ4n) is 1.85. The van der Waals surface area contributed by atoms with Crippen LogP contribution in [0.3, 0.4) is 0 Å². The molecule has 1 saturated heterocycles. The van der Waals surface area contributed by atoms with Crippen LogP contribution in [0.1, 0.15) is 26.2 Å². The Morgan fingerprint density at radius 3 is 2.58 bits per heavy atom. The summed E-state index contributed by atoms with van der Waals surface area (Å²) >= 11 is 0. The van der Waals surface area contributed by atoms with Crippen LogP contribution < -0.4 is 0 Å². The average Bonchev–Trinajstić information content (AvgIpc) is 2.09. The van der Waals surface area contributed by atoms with Gasteiger partial charge in [-0.1, -0.05) is 0 Å². The summed E-state index contributed by atoms with van der Waals surface area (Å²) in [5.41, 5.74) is 0. The lowest BCUT2D eigenvalue weighted by molar-refractivity contribution is 0.205. The fourth-order valence-corrected chi connectivity index (χ4v) is 1.85. The minimum Gasteiger partial charge on any atom is -0.306 e. The number of hydrogen-bond acceptors (Lipinski definition) is 2. The summed E-state index contributed by atoms with van der Waals surface area (Å²) in [5, 5.41) is 8.66. The Hall–Kier alpha value is -0.550. The molecule has 0 bridgehead atoms. The van der Waals surface area contributed by atoms with Crippen LogP contribution in [0.2, 0.25) is 0 Å². The van der Waals surface area contributed by atoms with Gasteiger partial charge >= 0.3 is 0 Å². The molecule has 0 spiro atoms. The van der Waals surface area contributed by atoms with Gasteiger partial charge in [0.1, 0.15) is 0 Å². The van der Waals surface area contributed by atoms with Gasteiger partial charge in [0.2, 0.25) is 0 Å². The largest absolute Gasteiger partial charge is 0.306 e. The Bertz CT molecular complexity index is 163. The maximum absolute atomic E-state index is 8.66. The zero-order valence-corrected chi connectivity index (χ0v) is 8.08. The van der Waals surface area contributed by atoms with Crippen molar-refractivity contribution in [2.24, 2.45) is 11.8 Å². The molecule has 0 radical (unpaired) electrons. The normalized spacial score (nSPS) is 23.4. The van der Waals surface area contributed by atoms with Crippen molar-refractivity contribution < 1.29 is 0 Å². The third-order valence-corrected chi connectivity index (χ3v) is 2.75. The number of nitrogens with zero attached hydrogens (tertiary/aromatic N) is 2. The molecule has 1 heterocycles. The van der Waals surface area contributed by atoms with Crippen molar-refractivity contribution in [3.05, 3.63) is 0 Å². The van der Waals surface area contributed by atoms with E-state index in [1.807, 2.05) is 6.92 Å². The summed E-state index contributed by atoms with van der Waals surface area (Å²) < 4.78 is 0. The smallest absolute Gasteiger partial charge is 0.0652 e. The second kappa shape index (κ2) is 4.47. The summed E-state index contributed by atoms with van der Waals surface area (Å²) in [5.74, 6) is 1.05. The van der Waals surface area contributed by atoms with E-state index < -0.39 is 0 Å². The van der Waals surface area contributed by atoms with Gasteiger partial charge in [-0.25, -0.2) is 0 Å². The van der Waals surface area contributed by atoms with Crippen molar-refractivity contribution >= 4 is 0 Å². The number of hydrogen-bond donors (Lipinski definition) is 0. The zero-order chi connectivity index (χ0) is 8.97. The molecule has 0 saturated carbocycles. The number of piperidine rings is 1. The predicted octanol–water partition coefficient (Wildman–Crippen LogP) is 1.88. The van der Waals surface area contributed by atoms with Gasteiger partial charge in [-0.05, 0) is 52.2 Å². The fraction of sp³-hybridized carbons (Fsp3) is 0.900. The molecule has 1 fully saturated rings. The molecule has 0 N–H and O–H groups in total. The van der Waals surface area contributed by atoms with Gasteiger partial charge in [-0.2, -0.15) is 5.26 Å². The van der Waals surface area contributed by atoms with Crippen molar-refractivity contribution in [1.29, 1.82) is 5.26 Å². The molecule has 0 aliphatic carbocycles. The van der Waals surface area contributed by atoms with Crippen molar-refractivity contribution in [3.63, 3.8) is 0 Å². The summed E-state index contributed by atoms with van der Waals surface area (Å²) in [6, 6.07) is 2.31. The highest BCUT2D eigenvalue weighted by Gasteiger charge is 2.18. The van der Waals surface area contributed by atoms with Gasteiger partial charge in [0.25, 0.3) is 0 Å². The topological polar surface area (TPSA) is 27.0 Å². The molecule has 0 aromatic carbocycles. The van der Waals surface area contributed by atoms with E-state index in [9.17, 15) is 0 Å². The van der Waals surface area contributed by atoms with Crippen LogP contribution in [0.15, 0.2) is 0 Å². The van der Waals surface area contributed by atoms with E-state index in [4.69, 9.17) is 5.26 Å². The van der Waals surface area contributed by atoms with E-state index in [0.29, 0.717) is 0 Å². The molecule has 2 nitrogen and oxygen atoms in total. The summed E-state index contributed by atoms with van der Waals surface area (Å²) in [6.45, 7) is 4.45. The average molecular weight is 166 g/mol. The second-order valence-corrected chi connectivity index (χ2v) is 4.01. The lowest BCUT2D eigenvalue weighted by Gasteiger charge is -2.29. The Kier molecular flexibility index (Phi) is 3.55. The number of nitriles is 1. The standard InChI is InChI=1S/C10H18N2/c1-9(8-11)7-10-3-5-12(2)6-4-10/h9-10H,3-7H2,1-2H3. The molecule has 0 amide bonds. The van der Waals surface area contributed by atoms with E-state index in [1.54, 1.807) is 0 Å². The molecule has 2 heteroatoms. The molecule has 1 aliphatic rings. The third-order valence-electron chi connectivity index (χ3n) is 2.75. The van der Waals surface area contributed by atoms with E-state index in [-0.39, 0.29) is 5.92 Å². The number of rotatable bonds is 2.